The minimum atomic E-state index is 0.173. The average Bonchev–Trinajstić information content (AvgIpc) is 3.32. The van der Waals surface area contributed by atoms with Crippen molar-refractivity contribution in [3.63, 3.8) is 0 Å². The highest BCUT2D eigenvalue weighted by Crippen LogP contribution is 2.46. The molecule has 0 bridgehead atoms. The van der Waals surface area contributed by atoms with Crippen molar-refractivity contribution in [2.75, 3.05) is 38.5 Å². The third kappa shape index (κ3) is 3.88. The number of hydrogen-bond donors (Lipinski definition) is 0. The Morgan fingerprint density at radius 2 is 2.20 bits per heavy atom. The molecule has 0 aromatic carbocycles. The lowest BCUT2D eigenvalue weighted by Crippen LogP contribution is -2.58. The Bertz CT molecular complexity index is 608. The summed E-state index contributed by atoms with van der Waals surface area (Å²) >= 11 is 2.04. The Hall–Kier alpha value is -1.05. The first-order chi connectivity index (χ1) is 12.2. The lowest BCUT2D eigenvalue weighted by Gasteiger charge is -2.47. The molecule has 3 saturated heterocycles. The zero-order valence-electron chi connectivity index (χ0n) is 15.0. The molecule has 0 aliphatic carbocycles. The molecule has 0 saturated carbocycles. The second kappa shape index (κ2) is 7.29. The minimum absolute atomic E-state index is 0.173. The predicted octanol–water partition coefficient (Wildman–Crippen LogP) is 1.60. The Kier molecular flexibility index (Phi) is 5.06. The molecule has 3 aliphatic rings. The van der Waals surface area contributed by atoms with Crippen LogP contribution < -0.4 is 0 Å². The molecule has 7 heteroatoms. The number of nitrogens with zero attached hydrogens (tertiary/aromatic N) is 4. The van der Waals surface area contributed by atoms with Gasteiger partial charge in [-0.05, 0) is 26.2 Å². The van der Waals surface area contributed by atoms with E-state index < -0.39 is 0 Å². The van der Waals surface area contributed by atoms with Crippen molar-refractivity contribution in [1.29, 1.82) is 0 Å². The molecule has 1 aromatic heterocycles. The van der Waals surface area contributed by atoms with Crippen molar-refractivity contribution in [1.82, 2.24) is 19.6 Å². The topological polar surface area (TPSA) is 50.6 Å². The van der Waals surface area contributed by atoms with Crippen LogP contribution in [0.3, 0.4) is 0 Å². The number of aryl methyl sites for hydroxylation is 1. The number of carbonyl (C=O) groups is 1. The highest BCUT2D eigenvalue weighted by molar-refractivity contribution is 8.01. The van der Waals surface area contributed by atoms with E-state index in [-0.39, 0.29) is 18.6 Å². The van der Waals surface area contributed by atoms with Crippen LogP contribution in [0.5, 0.6) is 0 Å². The van der Waals surface area contributed by atoms with Gasteiger partial charge in [0, 0.05) is 61.5 Å². The van der Waals surface area contributed by atoms with Crippen molar-refractivity contribution in [2.45, 2.75) is 50.1 Å². The Morgan fingerprint density at radius 1 is 1.40 bits per heavy atom. The number of amides is 1. The van der Waals surface area contributed by atoms with E-state index in [0.29, 0.717) is 4.75 Å². The van der Waals surface area contributed by atoms with Crippen LogP contribution in [-0.2, 0) is 22.6 Å². The summed E-state index contributed by atoms with van der Waals surface area (Å²) in [6, 6.07) is 0. The summed E-state index contributed by atoms with van der Waals surface area (Å²) in [4.78, 5) is 16.5. The SMILES string of the molecule is CCn1cc(CN2CC3(C[C@H](OCC(=O)N4CCCC4)CS3)C2)cn1. The van der Waals surface area contributed by atoms with Crippen LogP contribution in [0.2, 0.25) is 0 Å². The van der Waals surface area contributed by atoms with Gasteiger partial charge in [0.15, 0.2) is 0 Å². The molecule has 25 heavy (non-hydrogen) atoms. The second-order valence-corrected chi connectivity index (χ2v) is 9.06. The van der Waals surface area contributed by atoms with Gasteiger partial charge >= 0.3 is 0 Å². The molecule has 1 amide bonds. The maximum absolute atomic E-state index is 12.1. The van der Waals surface area contributed by atoms with Gasteiger partial charge in [0.1, 0.15) is 6.61 Å². The standard InChI is InChI=1S/C18H28N4O2S/c1-2-22-10-15(8-19-22)9-20-13-18(14-20)7-16(12-25-18)24-11-17(23)21-5-3-4-6-21/h8,10,16H,2-7,9,11-14H2,1H3/t16-/m0/s1. The first-order valence-corrected chi connectivity index (χ1v) is 10.4. The third-order valence-corrected chi connectivity index (χ3v) is 7.09. The molecule has 1 aromatic rings. The van der Waals surface area contributed by atoms with Gasteiger partial charge in [-0.1, -0.05) is 0 Å². The Morgan fingerprint density at radius 3 is 2.92 bits per heavy atom. The van der Waals surface area contributed by atoms with E-state index in [2.05, 4.69) is 23.1 Å². The zero-order chi connectivity index (χ0) is 17.3. The van der Waals surface area contributed by atoms with Crippen LogP contribution in [0.1, 0.15) is 31.7 Å². The molecule has 3 aliphatic heterocycles. The molecular formula is C18H28N4O2S. The lowest BCUT2D eigenvalue weighted by molar-refractivity contribution is -0.136. The molecule has 1 atom stereocenters. The predicted molar refractivity (Wildman–Crippen MR) is 98.5 cm³/mol. The van der Waals surface area contributed by atoms with Gasteiger partial charge in [0.25, 0.3) is 0 Å². The average molecular weight is 365 g/mol. The van der Waals surface area contributed by atoms with Gasteiger partial charge in [0.2, 0.25) is 5.91 Å². The highest BCUT2D eigenvalue weighted by Gasteiger charge is 2.49. The van der Waals surface area contributed by atoms with Crippen LogP contribution in [0.15, 0.2) is 12.4 Å². The van der Waals surface area contributed by atoms with Crippen LogP contribution in [0, 0.1) is 0 Å². The fourth-order valence-electron chi connectivity index (χ4n) is 4.18. The molecule has 4 heterocycles. The Balaban J connectivity index is 1.19. The summed E-state index contributed by atoms with van der Waals surface area (Å²) in [6.07, 6.45) is 7.72. The lowest BCUT2D eigenvalue weighted by atomic mass is 9.92. The zero-order valence-corrected chi connectivity index (χ0v) is 15.8. The van der Waals surface area contributed by atoms with Gasteiger partial charge in [-0.3, -0.25) is 14.4 Å². The molecule has 0 radical (unpaired) electrons. The summed E-state index contributed by atoms with van der Waals surface area (Å²) in [5.41, 5.74) is 1.30. The molecule has 4 rings (SSSR count). The van der Waals surface area contributed by atoms with E-state index in [0.717, 1.165) is 64.3 Å². The number of hydrogen-bond acceptors (Lipinski definition) is 5. The molecule has 0 unspecified atom stereocenters. The molecule has 138 valence electrons. The van der Waals surface area contributed by atoms with E-state index in [9.17, 15) is 4.79 Å². The minimum Gasteiger partial charge on any atom is -0.367 e. The van der Waals surface area contributed by atoms with Crippen molar-refractivity contribution < 1.29 is 9.53 Å². The second-order valence-electron chi connectivity index (χ2n) is 7.57. The number of likely N-dealkylation sites (tertiary alicyclic amines) is 2. The first kappa shape index (κ1) is 17.4. The highest BCUT2D eigenvalue weighted by atomic mass is 32.2. The van der Waals surface area contributed by atoms with Crippen molar-refractivity contribution in [2.24, 2.45) is 0 Å². The third-order valence-electron chi connectivity index (χ3n) is 5.52. The molecular weight excluding hydrogens is 336 g/mol. The van der Waals surface area contributed by atoms with Crippen LogP contribution in [0.4, 0.5) is 0 Å². The number of rotatable bonds is 6. The number of aromatic nitrogens is 2. The largest absolute Gasteiger partial charge is 0.367 e. The van der Waals surface area contributed by atoms with E-state index in [1.54, 1.807) is 0 Å². The van der Waals surface area contributed by atoms with Gasteiger partial charge in [-0.15, -0.1) is 11.8 Å². The number of ether oxygens (including phenoxy) is 1. The summed E-state index contributed by atoms with van der Waals surface area (Å²) in [7, 11) is 0. The molecule has 3 fully saturated rings. The molecule has 6 nitrogen and oxygen atoms in total. The normalized spacial score (nSPS) is 25.6. The van der Waals surface area contributed by atoms with E-state index >= 15 is 0 Å². The van der Waals surface area contributed by atoms with Gasteiger partial charge in [-0.2, -0.15) is 5.10 Å². The number of thioether (sulfide) groups is 1. The quantitative estimate of drug-likeness (QED) is 0.767. The summed E-state index contributed by atoms with van der Waals surface area (Å²) in [5, 5.41) is 4.35. The smallest absolute Gasteiger partial charge is 0.248 e. The maximum Gasteiger partial charge on any atom is 0.248 e. The maximum atomic E-state index is 12.1. The van der Waals surface area contributed by atoms with Crippen LogP contribution in [-0.4, -0.2) is 74.9 Å². The van der Waals surface area contributed by atoms with Crippen molar-refractivity contribution in [3.8, 4) is 0 Å². The summed E-state index contributed by atoms with van der Waals surface area (Å²) in [5.74, 6) is 1.20. The van der Waals surface area contributed by atoms with Gasteiger partial charge < -0.3 is 9.64 Å². The molecule has 0 N–H and O–H groups in total. The van der Waals surface area contributed by atoms with E-state index in [1.807, 2.05) is 27.5 Å². The van der Waals surface area contributed by atoms with Crippen molar-refractivity contribution >= 4 is 17.7 Å². The first-order valence-electron chi connectivity index (χ1n) is 9.43. The van der Waals surface area contributed by atoms with Crippen LogP contribution >= 0.6 is 11.8 Å². The van der Waals surface area contributed by atoms with Crippen LogP contribution in [0.25, 0.3) is 0 Å². The van der Waals surface area contributed by atoms with E-state index in [1.165, 1.54) is 5.56 Å². The van der Waals surface area contributed by atoms with Crippen molar-refractivity contribution in [3.05, 3.63) is 18.0 Å². The fourth-order valence-corrected chi connectivity index (χ4v) is 5.78. The van der Waals surface area contributed by atoms with Gasteiger partial charge in [-0.25, -0.2) is 0 Å². The summed E-state index contributed by atoms with van der Waals surface area (Å²) in [6.45, 7) is 8.35. The van der Waals surface area contributed by atoms with Gasteiger partial charge in [0.05, 0.1) is 12.3 Å². The number of carbonyl (C=O) groups excluding carboxylic acids is 1. The monoisotopic (exact) mass is 364 g/mol. The molecule has 1 spiro atoms. The fraction of sp³-hybridized carbons (Fsp3) is 0.778. The Labute approximate surface area is 153 Å². The summed E-state index contributed by atoms with van der Waals surface area (Å²) < 4.78 is 8.27. The van der Waals surface area contributed by atoms with E-state index in [4.69, 9.17) is 4.74 Å².